The number of benzene rings is 2. The van der Waals surface area contributed by atoms with E-state index in [1.165, 1.54) is 6.42 Å². The van der Waals surface area contributed by atoms with Crippen LogP contribution in [0.5, 0.6) is 0 Å². The van der Waals surface area contributed by atoms with Crippen LogP contribution < -0.4 is 0 Å². The smallest absolute Gasteiger partial charge is 0.253 e. The molecule has 0 radical (unpaired) electrons. The third-order valence-electron chi connectivity index (χ3n) is 4.51. The summed E-state index contributed by atoms with van der Waals surface area (Å²) >= 11 is 18.2. The lowest BCUT2D eigenvalue weighted by Crippen LogP contribution is -2.35. The number of likely N-dealkylation sites (tertiary alicyclic amines) is 1. The zero-order valence-corrected chi connectivity index (χ0v) is 16.0. The molecule has 3 aromatic rings. The monoisotopic (exact) mass is 408 g/mol. The molecule has 1 aliphatic rings. The number of amides is 1. The summed E-state index contributed by atoms with van der Waals surface area (Å²) < 4.78 is 5.79. The molecule has 2 aromatic carbocycles. The summed E-state index contributed by atoms with van der Waals surface area (Å²) in [4.78, 5) is 19.0. The van der Waals surface area contributed by atoms with Gasteiger partial charge in [0.05, 0.1) is 15.1 Å². The first-order chi connectivity index (χ1) is 12.5. The van der Waals surface area contributed by atoms with Crippen molar-refractivity contribution in [2.75, 3.05) is 13.1 Å². The number of hydrogen-bond acceptors (Lipinski definition) is 3. The summed E-state index contributed by atoms with van der Waals surface area (Å²) in [5.41, 5.74) is 2.46. The van der Waals surface area contributed by atoms with Crippen molar-refractivity contribution in [3.63, 3.8) is 0 Å². The second-order valence-corrected chi connectivity index (χ2v) is 7.50. The van der Waals surface area contributed by atoms with E-state index in [1.54, 1.807) is 30.3 Å². The standard InChI is InChI=1S/C19H15Cl3N2O2/c20-13-8-12(9-14(21)17(13)22)18-23-15-10-11(4-5-16(15)26-18)19(25)24-6-2-1-3-7-24/h4-5,8-10H,1-3,6-7H2. The molecule has 0 atom stereocenters. The Kier molecular flexibility index (Phi) is 4.82. The van der Waals surface area contributed by atoms with E-state index in [4.69, 9.17) is 39.2 Å². The molecule has 1 fully saturated rings. The molecule has 0 aliphatic carbocycles. The van der Waals surface area contributed by atoms with Crippen molar-refractivity contribution in [1.29, 1.82) is 0 Å². The molecule has 0 saturated carbocycles. The van der Waals surface area contributed by atoms with Gasteiger partial charge in [-0.15, -0.1) is 0 Å². The molecule has 7 heteroatoms. The Morgan fingerprint density at radius 2 is 1.69 bits per heavy atom. The van der Waals surface area contributed by atoms with Gasteiger partial charge in [0.15, 0.2) is 5.58 Å². The van der Waals surface area contributed by atoms with Gasteiger partial charge >= 0.3 is 0 Å². The lowest BCUT2D eigenvalue weighted by molar-refractivity contribution is 0.0724. The molecule has 4 nitrogen and oxygen atoms in total. The summed E-state index contributed by atoms with van der Waals surface area (Å²) in [5.74, 6) is 0.414. The van der Waals surface area contributed by atoms with E-state index in [1.807, 2.05) is 4.90 Å². The summed E-state index contributed by atoms with van der Waals surface area (Å²) in [6.07, 6.45) is 3.29. The van der Waals surface area contributed by atoms with Crippen LogP contribution >= 0.6 is 34.8 Å². The molecule has 1 saturated heterocycles. The molecule has 4 rings (SSSR count). The molecule has 0 spiro atoms. The van der Waals surface area contributed by atoms with Gasteiger partial charge in [0.1, 0.15) is 5.52 Å². The Labute approximate surface area is 165 Å². The van der Waals surface area contributed by atoms with Crippen molar-refractivity contribution in [1.82, 2.24) is 9.88 Å². The van der Waals surface area contributed by atoms with Crippen LogP contribution in [-0.4, -0.2) is 28.9 Å². The minimum Gasteiger partial charge on any atom is -0.436 e. The quantitative estimate of drug-likeness (QED) is 0.482. The Hall–Kier alpha value is -1.75. The second-order valence-electron chi connectivity index (χ2n) is 6.31. The van der Waals surface area contributed by atoms with Crippen molar-refractivity contribution in [2.24, 2.45) is 0 Å². The first-order valence-electron chi connectivity index (χ1n) is 8.38. The lowest BCUT2D eigenvalue weighted by atomic mass is 10.1. The first kappa shape index (κ1) is 17.7. The van der Waals surface area contributed by atoms with Gasteiger partial charge in [-0.1, -0.05) is 34.8 Å². The molecule has 2 heterocycles. The maximum absolute atomic E-state index is 12.7. The van der Waals surface area contributed by atoms with Crippen molar-refractivity contribution < 1.29 is 9.21 Å². The Morgan fingerprint density at radius 1 is 1.00 bits per heavy atom. The van der Waals surface area contributed by atoms with Gasteiger partial charge in [-0.25, -0.2) is 4.98 Å². The van der Waals surface area contributed by atoms with Crippen LogP contribution in [0, 0.1) is 0 Å². The summed E-state index contributed by atoms with van der Waals surface area (Å²) in [5, 5.41) is 0.956. The second kappa shape index (κ2) is 7.10. The maximum Gasteiger partial charge on any atom is 0.253 e. The first-order valence-corrected chi connectivity index (χ1v) is 9.51. The Balaban J connectivity index is 1.69. The molecule has 134 valence electrons. The van der Waals surface area contributed by atoms with Crippen LogP contribution in [0.3, 0.4) is 0 Å². The van der Waals surface area contributed by atoms with Gasteiger partial charge < -0.3 is 9.32 Å². The van der Waals surface area contributed by atoms with Crippen LogP contribution in [0.25, 0.3) is 22.6 Å². The van der Waals surface area contributed by atoms with Gasteiger partial charge in [0.2, 0.25) is 5.89 Å². The highest BCUT2D eigenvalue weighted by Gasteiger charge is 2.20. The molecule has 0 bridgehead atoms. The normalized spacial score (nSPS) is 14.8. The minimum atomic E-state index is 0.0359. The number of nitrogens with zero attached hydrogens (tertiary/aromatic N) is 2. The van der Waals surface area contributed by atoms with E-state index >= 15 is 0 Å². The number of fused-ring (bicyclic) bond motifs is 1. The van der Waals surface area contributed by atoms with Gasteiger partial charge in [0, 0.05) is 24.2 Å². The van der Waals surface area contributed by atoms with E-state index in [0.29, 0.717) is 43.2 Å². The molecule has 26 heavy (non-hydrogen) atoms. The fraction of sp³-hybridized carbons (Fsp3) is 0.263. The molecular weight excluding hydrogens is 395 g/mol. The van der Waals surface area contributed by atoms with Crippen molar-refractivity contribution in [3.8, 4) is 11.5 Å². The van der Waals surface area contributed by atoms with Gasteiger partial charge in [-0.2, -0.15) is 0 Å². The highest BCUT2D eigenvalue weighted by atomic mass is 35.5. The fourth-order valence-corrected chi connectivity index (χ4v) is 3.74. The van der Waals surface area contributed by atoms with E-state index in [0.717, 1.165) is 25.9 Å². The Bertz CT molecular complexity index is 971. The van der Waals surface area contributed by atoms with Gasteiger partial charge in [-0.05, 0) is 49.6 Å². The Morgan fingerprint density at radius 3 is 2.38 bits per heavy atom. The molecule has 0 unspecified atom stereocenters. The SMILES string of the molecule is O=C(c1ccc2oc(-c3cc(Cl)c(Cl)c(Cl)c3)nc2c1)N1CCCCC1. The third-order valence-corrected chi connectivity index (χ3v) is 5.71. The fourth-order valence-electron chi connectivity index (χ4n) is 3.14. The van der Waals surface area contributed by atoms with Crippen LogP contribution in [-0.2, 0) is 0 Å². The number of rotatable bonds is 2. The minimum absolute atomic E-state index is 0.0359. The van der Waals surface area contributed by atoms with E-state index in [9.17, 15) is 4.79 Å². The van der Waals surface area contributed by atoms with Crippen molar-refractivity contribution >= 4 is 51.8 Å². The average Bonchev–Trinajstić information content (AvgIpc) is 3.09. The maximum atomic E-state index is 12.7. The molecule has 0 N–H and O–H groups in total. The summed E-state index contributed by atoms with van der Waals surface area (Å²) in [6, 6.07) is 8.61. The average molecular weight is 410 g/mol. The predicted molar refractivity (Wildman–Crippen MR) is 104 cm³/mol. The predicted octanol–water partition coefficient (Wildman–Crippen LogP) is 6.08. The molecule has 1 aromatic heterocycles. The van der Waals surface area contributed by atoms with Gasteiger partial charge in [0.25, 0.3) is 5.91 Å². The number of carbonyl (C=O) groups is 1. The third kappa shape index (κ3) is 3.29. The van der Waals surface area contributed by atoms with E-state index in [2.05, 4.69) is 4.98 Å². The zero-order chi connectivity index (χ0) is 18.3. The largest absolute Gasteiger partial charge is 0.436 e. The van der Waals surface area contributed by atoms with Crippen LogP contribution in [0.15, 0.2) is 34.7 Å². The van der Waals surface area contributed by atoms with E-state index < -0.39 is 0 Å². The number of halogens is 3. The van der Waals surface area contributed by atoms with Gasteiger partial charge in [-0.3, -0.25) is 4.79 Å². The van der Waals surface area contributed by atoms with E-state index in [-0.39, 0.29) is 5.91 Å². The van der Waals surface area contributed by atoms with Crippen LogP contribution in [0.1, 0.15) is 29.6 Å². The number of hydrogen-bond donors (Lipinski definition) is 0. The van der Waals surface area contributed by atoms with Crippen LogP contribution in [0.2, 0.25) is 15.1 Å². The summed E-state index contributed by atoms with van der Waals surface area (Å²) in [7, 11) is 0. The lowest BCUT2D eigenvalue weighted by Gasteiger charge is -2.26. The highest BCUT2D eigenvalue weighted by Crippen LogP contribution is 2.35. The van der Waals surface area contributed by atoms with Crippen molar-refractivity contribution in [3.05, 3.63) is 51.0 Å². The number of piperidine rings is 1. The number of carbonyl (C=O) groups excluding carboxylic acids is 1. The molecule has 1 aliphatic heterocycles. The number of aromatic nitrogens is 1. The van der Waals surface area contributed by atoms with Crippen molar-refractivity contribution in [2.45, 2.75) is 19.3 Å². The van der Waals surface area contributed by atoms with Crippen LogP contribution in [0.4, 0.5) is 0 Å². The zero-order valence-electron chi connectivity index (χ0n) is 13.8. The topological polar surface area (TPSA) is 46.3 Å². The summed E-state index contributed by atoms with van der Waals surface area (Å²) in [6.45, 7) is 1.62. The highest BCUT2D eigenvalue weighted by molar-refractivity contribution is 6.48. The molecular formula is C19H15Cl3N2O2. The molecule has 1 amide bonds. The number of oxazole rings is 1.